The molecule has 2 aromatic heterocycles. The van der Waals surface area contributed by atoms with Crippen LogP contribution in [0.25, 0.3) is 10.1 Å². The topological polar surface area (TPSA) is 111 Å². The average molecular weight is 475 g/mol. The Hall–Kier alpha value is -3.50. The number of hydrogen-bond acceptors (Lipinski definition) is 7. The van der Waals surface area contributed by atoms with Gasteiger partial charge in [0.05, 0.1) is 6.20 Å². The number of carbonyl (C=O) groups is 1. The fourth-order valence-electron chi connectivity index (χ4n) is 4.18. The Morgan fingerprint density at radius 2 is 2.03 bits per heavy atom. The fourth-order valence-corrected chi connectivity index (χ4v) is 5.10. The minimum absolute atomic E-state index is 0.122. The van der Waals surface area contributed by atoms with Gasteiger partial charge in [0.15, 0.2) is 5.69 Å². The predicted octanol–water partition coefficient (Wildman–Crippen LogP) is 3.49. The van der Waals surface area contributed by atoms with E-state index in [1.165, 1.54) is 21.8 Å². The molecule has 1 unspecified atom stereocenters. The predicted molar refractivity (Wildman–Crippen MR) is 136 cm³/mol. The molecule has 34 heavy (non-hydrogen) atoms. The van der Waals surface area contributed by atoms with Crippen LogP contribution in [-0.4, -0.2) is 28.9 Å². The summed E-state index contributed by atoms with van der Waals surface area (Å²) in [5.41, 5.74) is 4.24. The minimum Gasteiger partial charge on any atom is -0.608 e. The number of rotatable bonds is 7. The number of nitrogen functional groups attached to an aromatic ring is 1. The first-order valence-electron chi connectivity index (χ1n) is 11.1. The van der Waals surface area contributed by atoms with Crippen molar-refractivity contribution in [1.82, 2.24) is 9.88 Å². The Kier molecular flexibility index (Phi) is 6.16. The van der Waals surface area contributed by atoms with E-state index in [1.54, 1.807) is 24.3 Å². The summed E-state index contributed by atoms with van der Waals surface area (Å²) < 4.78 is 1.22. The summed E-state index contributed by atoms with van der Waals surface area (Å²) in [5.74, 6) is 6.71. The molecule has 1 fully saturated rings. The Morgan fingerprint density at radius 1 is 1.24 bits per heavy atom. The Balaban J connectivity index is 1.29. The third kappa shape index (κ3) is 4.59. The zero-order valence-electron chi connectivity index (χ0n) is 18.7. The molecule has 1 aliphatic heterocycles. The standard InChI is InChI=1S/C25H26N6O2S/c1-16(32)30-14-20(15-30)17-5-7-21(8-6-17)29-24-11-22(23(13-28-24)31(26)33)27-12-19-4-2-3-18-9-10-34-25(18)19/h2-11,13,20,31H,12,14-15,26H2,1H3,(H2,27,28,29). The third-order valence-electron chi connectivity index (χ3n) is 6.18. The first-order chi connectivity index (χ1) is 16.5. The van der Waals surface area contributed by atoms with Gasteiger partial charge in [-0.1, -0.05) is 30.3 Å². The van der Waals surface area contributed by atoms with Crippen molar-refractivity contribution in [2.45, 2.75) is 19.4 Å². The summed E-state index contributed by atoms with van der Waals surface area (Å²) in [6, 6.07) is 18.3. The number of anilines is 3. The number of quaternary nitrogens is 1. The molecule has 5 rings (SSSR count). The molecule has 0 bridgehead atoms. The van der Waals surface area contributed by atoms with Crippen molar-refractivity contribution in [2.24, 2.45) is 5.84 Å². The number of thiophene rings is 1. The van der Waals surface area contributed by atoms with Crippen molar-refractivity contribution in [3.8, 4) is 0 Å². The summed E-state index contributed by atoms with van der Waals surface area (Å²) in [5, 5.41) is 21.4. The summed E-state index contributed by atoms with van der Waals surface area (Å²) >= 11 is 1.70. The van der Waals surface area contributed by atoms with Crippen LogP contribution < -0.4 is 21.6 Å². The van der Waals surface area contributed by atoms with Gasteiger partial charge in [0, 0.05) is 48.9 Å². The maximum absolute atomic E-state index is 12.0. The molecule has 0 saturated carbocycles. The lowest BCUT2D eigenvalue weighted by molar-refractivity contribution is -0.789. The molecule has 174 valence electrons. The lowest BCUT2D eigenvalue weighted by atomic mass is 9.91. The fraction of sp³-hybridized carbons (Fsp3) is 0.200. The van der Waals surface area contributed by atoms with E-state index in [0.717, 1.165) is 24.3 Å². The van der Waals surface area contributed by atoms with Crippen LogP contribution in [0.4, 0.5) is 22.9 Å². The lowest BCUT2D eigenvalue weighted by Gasteiger charge is -2.39. The lowest BCUT2D eigenvalue weighted by Crippen LogP contribution is -3.08. The van der Waals surface area contributed by atoms with Gasteiger partial charge in [-0.25, -0.2) is 4.98 Å². The molecular formula is C25H26N6O2S. The monoisotopic (exact) mass is 474 g/mol. The quantitative estimate of drug-likeness (QED) is 0.241. The van der Waals surface area contributed by atoms with Crippen LogP contribution in [0.3, 0.4) is 0 Å². The first-order valence-corrected chi connectivity index (χ1v) is 12.0. The zero-order valence-corrected chi connectivity index (χ0v) is 19.6. The van der Waals surface area contributed by atoms with E-state index in [1.807, 2.05) is 23.1 Å². The van der Waals surface area contributed by atoms with E-state index in [4.69, 9.17) is 5.84 Å². The highest BCUT2D eigenvalue weighted by atomic mass is 32.1. The molecule has 4 aromatic rings. The molecule has 8 nitrogen and oxygen atoms in total. The molecule has 1 aliphatic rings. The number of carbonyl (C=O) groups excluding carboxylic acids is 1. The molecule has 0 radical (unpaired) electrons. The second kappa shape index (κ2) is 9.40. The third-order valence-corrected chi connectivity index (χ3v) is 7.19. The van der Waals surface area contributed by atoms with Crippen molar-refractivity contribution in [3.05, 3.63) is 82.5 Å². The van der Waals surface area contributed by atoms with E-state index < -0.39 is 5.17 Å². The van der Waals surface area contributed by atoms with Gasteiger partial charge in [0.2, 0.25) is 5.91 Å². The van der Waals surface area contributed by atoms with Crippen LogP contribution in [0.2, 0.25) is 0 Å². The molecule has 3 heterocycles. The number of hydrogen-bond donors (Lipinski definition) is 4. The number of benzene rings is 2. The number of amides is 1. The van der Waals surface area contributed by atoms with Gasteiger partial charge in [0.1, 0.15) is 11.5 Å². The molecule has 0 aliphatic carbocycles. The van der Waals surface area contributed by atoms with E-state index >= 15 is 0 Å². The second-order valence-electron chi connectivity index (χ2n) is 8.46. The van der Waals surface area contributed by atoms with Crippen LogP contribution in [-0.2, 0) is 11.3 Å². The minimum atomic E-state index is -0.527. The number of likely N-dealkylation sites (tertiary alicyclic amines) is 1. The number of nitrogens with zero attached hydrogens (tertiary/aromatic N) is 2. The van der Waals surface area contributed by atoms with Gasteiger partial charge in [-0.3, -0.25) is 9.97 Å². The first kappa shape index (κ1) is 22.3. The molecule has 1 saturated heterocycles. The van der Waals surface area contributed by atoms with Crippen LogP contribution in [0.1, 0.15) is 24.0 Å². The molecule has 1 atom stereocenters. The maximum atomic E-state index is 12.0. The maximum Gasteiger partial charge on any atom is 0.219 e. The van der Waals surface area contributed by atoms with Crippen molar-refractivity contribution in [1.29, 1.82) is 0 Å². The molecule has 1 amide bonds. The van der Waals surface area contributed by atoms with Gasteiger partial charge in [-0.05, 0) is 40.1 Å². The highest BCUT2D eigenvalue weighted by molar-refractivity contribution is 7.17. The van der Waals surface area contributed by atoms with Crippen molar-refractivity contribution in [3.63, 3.8) is 0 Å². The Bertz CT molecular complexity index is 1310. The number of pyridine rings is 1. The number of nitrogens with two attached hydrogens (primary N) is 1. The molecule has 0 spiro atoms. The summed E-state index contributed by atoms with van der Waals surface area (Å²) in [6.07, 6.45) is 1.50. The van der Waals surface area contributed by atoms with Crippen LogP contribution in [0.5, 0.6) is 0 Å². The summed E-state index contributed by atoms with van der Waals surface area (Å²) in [4.78, 5) is 17.6. The van der Waals surface area contributed by atoms with E-state index in [9.17, 15) is 10.0 Å². The number of nitrogens with one attached hydrogen (secondary N) is 3. The van der Waals surface area contributed by atoms with Crippen molar-refractivity contribution >= 4 is 50.2 Å². The number of fused-ring (bicyclic) bond motifs is 1. The van der Waals surface area contributed by atoms with Crippen molar-refractivity contribution < 1.29 is 9.97 Å². The summed E-state index contributed by atoms with van der Waals surface area (Å²) in [6.45, 7) is 3.71. The van der Waals surface area contributed by atoms with Crippen LogP contribution in [0.15, 0.2) is 66.2 Å². The van der Waals surface area contributed by atoms with Gasteiger partial charge in [0.25, 0.3) is 0 Å². The van der Waals surface area contributed by atoms with Gasteiger partial charge in [-0.2, -0.15) is 5.84 Å². The van der Waals surface area contributed by atoms with Crippen LogP contribution in [0, 0.1) is 5.21 Å². The van der Waals surface area contributed by atoms with E-state index in [0.29, 0.717) is 29.7 Å². The Morgan fingerprint density at radius 3 is 2.76 bits per heavy atom. The average Bonchev–Trinajstić information content (AvgIpc) is 3.27. The van der Waals surface area contributed by atoms with Crippen LogP contribution >= 0.6 is 11.3 Å². The normalized spacial score (nSPS) is 14.6. The highest BCUT2D eigenvalue weighted by Gasteiger charge is 2.29. The van der Waals surface area contributed by atoms with E-state index in [-0.39, 0.29) is 5.91 Å². The molecule has 9 heteroatoms. The van der Waals surface area contributed by atoms with E-state index in [2.05, 4.69) is 51.3 Å². The molecular weight excluding hydrogens is 448 g/mol. The highest BCUT2D eigenvalue weighted by Crippen LogP contribution is 2.30. The SMILES string of the molecule is CC(=O)N1CC(c2ccc(Nc3cc(NCc4cccc5ccsc45)c([NH+](N)[O-])cn3)cc2)C1. The Labute approximate surface area is 201 Å². The van der Waals surface area contributed by atoms with Gasteiger partial charge >= 0.3 is 0 Å². The summed E-state index contributed by atoms with van der Waals surface area (Å²) in [7, 11) is 0. The largest absolute Gasteiger partial charge is 0.608 e. The number of aromatic nitrogens is 1. The zero-order chi connectivity index (χ0) is 23.7. The molecule has 5 N–H and O–H groups in total. The van der Waals surface area contributed by atoms with Crippen molar-refractivity contribution in [2.75, 3.05) is 23.7 Å². The van der Waals surface area contributed by atoms with Gasteiger partial charge in [-0.15, -0.1) is 11.3 Å². The van der Waals surface area contributed by atoms with Gasteiger partial charge < -0.3 is 20.7 Å². The molecule has 2 aromatic carbocycles. The second-order valence-corrected chi connectivity index (χ2v) is 9.37. The smallest absolute Gasteiger partial charge is 0.219 e.